The second-order valence-corrected chi connectivity index (χ2v) is 10.3. The fourth-order valence-electron chi connectivity index (χ4n) is 2.37. The van der Waals surface area contributed by atoms with Crippen LogP contribution in [0, 0.1) is 0 Å². The molecular weight excluding hydrogens is 372 g/mol. The minimum atomic E-state index is -3.50. The number of hydrogen-bond donors (Lipinski definition) is 2. The van der Waals surface area contributed by atoms with Crippen molar-refractivity contribution >= 4 is 44.4 Å². The van der Waals surface area contributed by atoms with Crippen molar-refractivity contribution in [1.29, 1.82) is 0 Å². The predicted octanol–water partition coefficient (Wildman–Crippen LogP) is 2.16. The van der Waals surface area contributed by atoms with Crippen molar-refractivity contribution < 1.29 is 18.3 Å². The van der Waals surface area contributed by atoms with Gasteiger partial charge in [-0.25, -0.2) is 8.42 Å². The Morgan fingerprint density at radius 3 is 2.71 bits per heavy atom. The van der Waals surface area contributed by atoms with Gasteiger partial charge in [-0.15, -0.1) is 11.3 Å². The molecule has 0 amide bonds. The number of rotatable bonds is 5. The number of nitrogens with zero attached hydrogens (tertiary/aromatic N) is 1. The Bertz CT molecular complexity index is 798. The highest BCUT2D eigenvalue weighted by molar-refractivity contribution is 7.93. The van der Waals surface area contributed by atoms with Gasteiger partial charge in [-0.1, -0.05) is 18.2 Å². The summed E-state index contributed by atoms with van der Waals surface area (Å²) in [5.41, 5.74) is 4.89. The molecule has 1 aliphatic heterocycles. The summed E-state index contributed by atoms with van der Waals surface area (Å²) in [6, 6.07) is 1.66. The van der Waals surface area contributed by atoms with Gasteiger partial charge in [0.1, 0.15) is 28.5 Å². The van der Waals surface area contributed by atoms with E-state index in [0.717, 1.165) is 0 Å². The van der Waals surface area contributed by atoms with E-state index in [1.807, 2.05) is 0 Å². The molecular formula is C15H21ClN2O4S2. The Labute approximate surface area is 150 Å². The normalized spacial score (nSPS) is 25.1. The summed E-state index contributed by atoms with van der Waals surface area (Å²) in [7, 11) is -3.50. The monoisotopic (exact) mass is 392 g/mol. The standard InChI is InChI=1S/C15H21ClN2O4S2/c1-9(22-6-5-19)11-7-10(16)12(23-11)15(4)8-24(20,21)14(2,3)13(17)18-15/h7,19H,1,5-6,8H2,2-4H3,(H2,17,18). The van der Waals surface area contributed by atoms with Gasteiger partial charge in [0.2, 0.25) is 0 Å². The molecule has 0 bridgehead atoms. The minimum Gasteiger partial charge on any atom is -0.490 e. The molecule has 134 valence electrons. The molecule has 0 aromatic carbocycles. The maximum absolute atomic E-state index is 12.6. The third-order valence-corrected chi connectivity index (χ3v) is 8.60. The van der Waals surface area contributed by atoms with Crippen LogP contribution in [-0.2, 0) is 20.1 Å². The van der Waals surface area contributed by atoms with Crippen LogP contribution >= 0.6 is 22.9 Å². The minimum absolute atomic E-state index is 0.0672. The molecule has 1 aromatic rings. The van der Waals surface area contributed by atoms with Crippen LogP contribution in [0.4, 0.5) is 0 Å². The van der Waals surface area contributed by atoms with Crippen LogP contribution in [0.2, 0.25) is 5.02 Å². The van der Waals surface area contributed by atoms with E-state index in [-0.39, 0.29) is 24.8 Å². The summed E-state index contributed by atoms with van der Waals surface area (Å²) in [5, 5.41) is 9.20. The van der Waals surface area contributed by atoms with Gasteiger partial charge in [-0.2, -0.15) is 0 Å². The fraction of sp³-hybridized carbons (Fsp3) is 0.533. The summed E-state index contributed by atoms with van der Waals surface area (Å²) in [6.07, 6.45) is 0. The average Bonchev–Trinajstić information content (AvgIpc) is 2.85. The lowest BCUT2D eigenvalue weighted by Gasteiger charge is -2.37. The van der Waals surface area contributed by atoms with Crippen molar-refractivity contribution in [3.63, 3.8) is 0 Å². The number of nitrogens with two attached hydrogens (primary N) is 1. The zero-order chi connectivity index (χ0) is 18.3. The number of aliphatic imine (C=N–C) groups is 1. The van der Waals surface area contributed by atoms with Crippen molar-refractivity contribution in [3.8, 4) is 0 Å². The first-order valence-corrected chi connectivity index (χ1v) is 10.1. The summed E-state index contributed by atoms with van der Waals surface area (Å²) in [6.45, 7) is 8.58. The number of thiophene rings is 1. The van der Waals surface area contributed by atoms with Crippen molar-refractivity contribution in [2.24, 2.45) is 10.7 Å². The smallest absolute Gasteiger partial charge is 0.165 e. The van der Waals surface area contributed by atoms with E-state index < -0.39 is 20.1 Å². The van der Waals surface area contributed by atoms with Crippen molar-refractivity contribution in [1.82, 2.24) is 0 Å². The molecule has 0 saturated heterocycles. The van der Waals surface area contributed by atoms with E-state index in [4.69, 9.17) is 27.2 Å². The molecule has 1 aromatic heterocycles. The predicted molar refractivity (Wildman–Crippen MR) is 98.2 cm³/mol. The number of ether oxygens (including phenoxy) is 1. The van der Waals surface area contributed by atoms with Crippen LogP contribution < -0.4 is 5.73 Å². The number of amidine groups is 1. The molecule has 0 saturated carbocycles. The first kappa shape index (κ1) is 19.2. The molecule has 1 aliphatic rings. The maximum Gasteiger partial charge on any atom is 0.165 e. The fourth-order valence-corrected chi connectivity index (χ4v) is 5.69. The maximum atomic E-state index is 12.6. The largest absolute Gasteiger partial charge is 0.490 e. The van der Waals surface area contributed by atoms with E-state index in [9.17, 15) is 8.42 Å². The topological polar surface area (TPSA) is 102 Å². The molecule has 0 radical (unpaired) electrons. The second-order valence-electron chi connectivity index (χ2n) is 6.32. The third-order valence-electron chi connectivity index (χ3n) is 4.05. The SMILES string of the molecule is C=C(OCCO)c1cc(Cl)c(C2(C)CS(=O)(=O)C(C)(C)C(N)=N2)s1. The Hall–Kier alpha value is -1.09. The zero-order valence-electron chi connectivity index (χ0n) is 13.8. The Morgan fingerprint density at radius 2 is 2.17 bits per heavy atom. The lowest BCUT2D eigenvalue weighted by molar-refractivity contribution is 0.181. The molecule has 6 nitrogen and oxygen atoms in total. The van der Waals surface area contributed by atoms with Crippen molar-refractivity contribution in [2.75, 3.05) is 19.0 Å². The van der Waals surface area contributed by atoms with E-state index in [0.29, 0.717) is 20.5 Å². The summed E-state index contributed by atoms with van der Waals surface area (Å²) in [4.78, 5) is 5.71. The average molecular weight is 393 g/mol. The first-order chi connectivity index (χ1) is 10.9. The summed E-state index contributed by atoms with van der Waals surface area (Å²) in [5.74, 6) is 0.247. The van der Waals surface area contributed by atoms with Crippen molar-refractivity contribution in [2.45, 2.75) is 31.1 Å². The number of hydrogen-bond acceptors (Lipinski definition) is 7. The van der Waals surface area contributed by atoms with Gasteiger partial charge in [0.15, 0.2) is 9.84 Å². The van der Waals surface area contributed by atoms with Crippen LogP contribution in [0.5, 0.6) is 0 Å². The van der Waals surface area contributed by atoms with E-state index >= 15 is 0 Å². The van der Waals surface area contributed by atoms with E-state index in [2.05, 4.69) is 11.6 Å². The highest BCUT2D eigenvalue weighted by Crippen LogP contribution is 2.44. The third kappa shape index (κ3) is 3.20. The second kappa shape index (κ2) is 6.33. The Balaban J connectivity index is 2.47. The Kier molecular flexibility index (Phi) is 5.07. The molecule has 0 aliphatic carbocycles. The van der Waals surface area contributed by atoms with Crippen LogP contribution in [0.15, 0.2) is 17.6 Å². The molecule has 2 heterocycles. The Morgan fingerprint density at radius 1 is 1.54 bits per heavy atom. The summed E-state index contributed by atoms with van der Waals surface area (Å²) >= 11 is 7.58. The highest BCUT2D eigenvalue weighted by Gasteiger charge is 2.49. The zero-order valence-corrected chi connectivity index (χ0v) is 16.2. The van der Waals surface area contributed by atoms with Crippen molar-refractivity contribution in [3.05, 3.63) is 27.4 Å². The highest BCUT2D eigenvalue weighted by atomic mass is 35.5. The molecule has 0 spiro atoms. The van der Waals surface area contributed by atoms with Gasteiger partial charge in [0, 0.05) is 0 Å². The quantitative estimate of drug-likeness (QED) is 0.747. The van der Waals surface area contributed by atoms with Crippen LogP contribution in [0.25, 0.3) is 5.76 Å². The van der Waals surface area contributed by atoms with Gasteiger partial charge in [0.25, 0.3) is 0 Å². The van der Waals surface area contributed by atoms with Crippen LogP contribution in [-0.4, -0.2) is 43.1 Å². The lowest BCUT2D eigenvalue weighted by Crippen LogP contribution is -2.54. The molecule has 24 heavy (non-hydrogen) atoms. The van der Waals surface area contributed by atoms with Gasteiger partial charge >= 0.3 is 0 Å². The number of aliphatic hydroxyl groups is 1. The van der Waals surface area contributed by atoms with Gasteiger partial charge in [-0.3, -0.25) is 4.99 Å². The molecule has 1 atom stereocenters. The molecule has 3 N–H and O–H groups in total. The van der Waals surface area contributed by atoms with E-state index in [1.165, 1.54) is 11.3 Å². The van der Waals surface area contributed by atoms with Gasteiger partial charge < -0.3 is 15.6 Å². The molecule has 1 unspecified atom stereocenters. The number of halogens is 1. The van der Waals surface area contributed by atoms with E-state index in [1.54, 1.807) is 26.8 Å². The number of sulfone groups is 1. The summed E-state index contributed by atoms with van der Waals surface area (Å²) < 4.78 is 29.3. The molecule has 9 heteroatoms. The van der Waals surface area contributed by atoms with Crippen LogP contribution in [0.1, 0.15) is 30.5 Å². The van der Waals surface area contributed by atoms with Gasteiger partial charge in [-0.05, 0) is 26.8 Å². The van der Waals surface area contributed by atoms with Gasteiger partial charge in [0.05, 0.1) is 27.1 Å². The first-order valence-electron chi connectivity index (χ1n) is 7.25. The molecule has 0 fully saturated rings. The lowest BCUT2D eigenvalue weighted by atomic mass is 10.0. The van der Waals surface area contributed by atoms with Crippen LogP contribution in [0.3, 0.4) is 0 Å². The number of aliphatic hydroxyl groups excluding tert-OH is 1. The molecule has 2 rings (SSSR count).